The normalized spacial score (nSPS) is 17.0. The van der Waals surface area contributed by atoms with Gasteiger partial charge in [-0.05, 0) is 60.7 Å². The molecule has 1 aliphatic carbocycles. The Bertz CT molecular complexity index is 682. The number of nitrogen functional groups attached to an aromatic ring is 1. The second-order valence-corrected chi connectivity index (χ2v) is 5.43. The molecule has 0 saturated carbocycles. The first-order valence-corrected chi connectivity index (χ1v) is 7.11. The van der Waals surface area contributed by atoms with Crippen LogP contribution in [0.4, 0.5) is 5.69 Å². The Labute approximate surface area is 123 Å². The molecule has 1 amide bonds. The van der Waals surface area contributed by atoms with Crippen molar-refractivity contribution in [1.29, 1.82) is 0 Å². The fourth-order valence-electron chi connectivity index (χ4n) is 2.87. The van der Waals surface area contributed by atoms with E-state index in [4.69, 9.17) is 5.73 Å². The third kappa shape index (κ3) is 2.84. The summed E-state index contributed by atoms with van der Waals surface area (Å²) in [5, 5.41) is 12.5. The van der Waals surface area contributed by atoms with Gasteiger partial charge in [0.1, 0.15) is 5.75 Å². The van der Waals surface area contributed by atoms with Crippen LogP contribution in [0.5, 0.6) is 5.75 Å². The van der Waals surface area contributed by atoms with E-state index in [9.17, 15) is 9.90 Å². The quantitative estimate of drug-likeness (QED) is 0.741. The molecule has 0 bridgehead atoms. The summed E-state index contributed by atoms with van der Waals surface area (Å²) in [5.74, 6) is -0.0694. The maximum Gasteiger partial charge on any atom is 0.251 e. The highest BCUT2D eigenvalue weighted by molar-refractivity contribution is 5.94. The Kier molecular flexibility index (Phi) is 3.52. The number of carbonyl (C=O) groups is 1. The molecular weight excluding hydrogens is 264 g/mol. The molecule has 4 heteroatoms. The van der Waals surface area contributed by atoms with Crippen LogP contribution in [0.2, 0.25) is 0 Å². The van der Waals surface area contributed by atoms with Crippen molar-refractivity contribution in [2.75, 3.05) is 5.73 Å². The van der Waals surface area contributed by atoms with Crippen molar-refractivity contribution < 1.29 is 9.90 Å². The van der Waals surface area contributed by atoms with Crippen LogP contribution in [0, 0.1) is 0 Å². The first-order valence-electron chi connectivity index (χ1n) is 7.11. The number of nitrogens with two attached hydrogens (primary N) is 1. The fraction of sp³-hybridized carbons (Fsp3) is 0.235. The predicted octanol–water partition coefficient (Wildman–Crippen LogP) is 2.78. The molecule has 3 rings (SSSR count). The van der Waals surface area contributed by atoms with Gasteiger partial charge in [0, 0.05) is 11.3 Å². The highest BCUT2D eigenvalue weighted by Gasteiger charge is 2.22. The summed E-state index contributed by atoms with van der Waals surface area (Å²) in [5.41, 5.74) is 9.40. The molecule has 1 unspecified atom stereocenters. The first-order chi connectivity index (χ1) is 10.1. The number of nitrogens with one attached hydrogen (secondary N) is 1. The van der Waals surface area contributed by atoms with Crippen molar-refractivity contribution in [2.24, 2.45) is 0 Å². The summed E-state index contributed by atoms with van der Waals surface area (Å²) in [7, 11) is 0. The fourth-order valence-corrected chi connectivity index (χ4v) is 2.87. The molecule has 4 N–H and O–H groups in total. The van der Waals surface area contributed by atoms with Gasteiger partial charge in [0.05, 0.1) is 6.04 Å². The second kappa shape index (κ2) is 5.48. The minimum Gasteiger partial charge on any atom is -0.508 e. The zero-order valence-corrected chi connectivity index (χ0v) is 11.7. The van der Waals surface area contributed by atoms with Gasteiger partial charge >= 0.3 is 0 Å². The first kappa shape index (κ1) is 13.5. The Balaban J connectivity index is 1.82. The maximum atomic E-state index is 12.3. The average molecular weight is 282 g/mol. The minimum atomic E-state index is -0.166. The molecule has 1 aliphatic rings. The van der Waals surface area contributed by atoms with Gasteiger partial charge in [-0.1, -0.05) is 12.1 Å². The van der Waals surface area contributed by atoms with Crippen molar-refractivity contribution >= 4 is 11.6 Å². The van der Waals surface area contributed by atoms with Crippen LogP contribution < -0.4 is 11.1 Å². The number of aromatic hydroxyl groups is 1. The SMILES string of the molecule is Nc1ccc2c(c1)CCCC2NC(=O)c1cccc(O)c1. The molecule has 1 atom stereocenters. The summed E-state index contributed by atoms with van der Waals surface area (Å²) < 4.78 is 0. The molecule has 21 heavy (non-hydrogen) atoms. The number of aryl methyl sites for hydroxylation is 1. The molecule has 0 spiro atoms. The third-order valence-electron chi connectivity index (χ3n) is 3.90. The van der Waals surface area contributed by atoms with Crippen LogP contribution in [0.1, 0.15) is 40.4 Å². The lowest BCUT2D eigenvalue weighted by molar-refractivity contribution is 0.0932. The van der Waals surface area contributed by atoms with Gasteiger partial charge in [0.15, 0.2) is 0 Å². The van der Waals surface area contributed by atoms with Crippen LogP contribution in [-0.2, 0) is 6.42 Å². The smallest absolute Gasteiger partial charge is 0.251 e. The van der Waals surface area contributed by atoms with E-state index >= 15 is 0 Å². The standard InChI is InChI=1S/C17H18N2O2/c18-13-7-8-15-11(9-13)3-2-6-16(15)19-17(21)12-4-1-5-14(20)10-12/h1,4-5,7-10,16,20H,2-3,6,18H2,(H,19,21). The maximum absolute atomic E-state index is 12.3. The highest BCUT2D eigenvalue weighted by Crippen LogP contribution is 2.31. The van der Waals surface area contributed by atoms with E-state index in [-0.39, 0.29) is 17.7 Å². The Morgan fingerprint density at radius 2 is 2.10 bits per heavy atom. The zero-order chi connectivity index (χ0) is 14.8. The molecule has 108 valence electrons. The van der Waals surface area contributed by atoms with Gasteiger partial charge in [-0.25, -0.2) is 0 Å². The van der Waals surface area contributed by atoms with E-state index in [0.29, 0.717) is 5.56 Å². The molecule has 0 fully saturated rings. The van der Waals surface area contributed by atoms with E-state index in [1.54, 1.807) is 18.2 Å². The molecular formula is C17H18N2O2. The number of amides is 1. The summed E-state index contributed by atoms with van der Waals surface area (Å²) in [6.45, 7) is 0. The Morgan fingerprint density at radius 3 is 2.90 bits per heavy atom. The van der Waals surface area contributed by atoms with Gasteiger partial charge in [-0.3, -0.25) is 4.79 Å². The lowest BCUT2D eigenvalue weighted by atomic mass is 9.87. The Morgan fingerprint density at radius 1 is 1.24 bits per heavy atom. The molecule has 0 saturated heterocycles. The van der Waals surface area contributed by atoms with E-state index in [0.717, 1.165) is 30.5 Å². The second-order valence-electron chi connectivity index (χ2n) is 5.43. The summed E-state index contributed by atoms with van der Waals surface area (Å²) in [6.07, 6.45) is 2.95. The van der Waals surface area contributed by atoms with Gasteiger partial charge in [-0.2, -0.15) is 0 Å². The topological polar surface area (TPSA) is 75.3 Å². The summed E-state index contributed by atoms with van der Waals surface area (Å²) >= 11 is 0. The summed E-state index contributed by atoms with van der Waals surface area (Å²) in [6, 6.07) is 12.2. The number of hydrogen-bond donors (Lipinski definition) is 3. The number of phenolic OH excluding ortho intramolecular Hbond substituents is 1. The molecule has 0 aliphatic heterocycles. The van der Waals surface area contributed by atoms with Crippen LogP contribution in [0.15, 0.2) is 42.5 Å². The number of carbonyl (C=O) groups excluding carboxylic acids is 1. The van der Waals surface area contributed by atoms with Gasteiger partial charge in [0.25, 0.3) is 5.91 Å². The molecule has 4 nitrogen and oxygen atoms in total. The van der Waals surface area contributed by atoms with Crippen molar-refractivity contribution in [3.63, 3.8) is 0 Å². The average Bonchev–Trinajstić information content (AvgIpc) is 2.47. The van der Waals surface area contributed by atoms with E-state index < -0.39 is 0 Å². The van der Waals surface area contributed by atoms with E-state index in [2.05, 4.69) is 5.32 Å². The molecule has 0 aromatic heterocycles. The Hall–Kier alpha value is -2.49. The van der Waals surface area contributed by atoms with Crippen molar-refractivity contribution in [2.45, 2.75) is 25.3 Å². The lowest BCUT2D eigenvalue weighted by Crippen LogP contribution is -2.31. The number of phenols is 1. The van der Waals surface area contributed by atoms with Crippen molar-refractivity contribution in [1.82, 2.24) is 5.32 Å². The lowest BCUT2D eigenvalue weighted by Gasteiger charge is -2.26. The van der Waals surface area contributed by atoms with Gasteiger partial charge < -0.3 is 16.2 Å². The third-order valence-corrected chi connectivity index (χ3v) is 3.90. The monoisotopic (exact) mass is 282 g/mol. The van der Waals surface area contributed by atoms with Crippen LogP contribution in [0.3, 0.4) is 0 Å². The molecule has 0 heterocycles. The van der Waals surface area contributed by atoms with Gasteiger partial charge in [-0.15, -0.1) is 0 Å². The number of benzene rings is 2. The zero-order valence-electron chi connectivity index (χ0n) is 11.7. The summed E-state index contributed by atoms with van der Waals surface area (Å²) in [4.78, 5) is 12.3. The van der Waals surface area contributed by atoms with Crippen LogP contribution in [0.25, 0.3) is 0 Å². The van der Waals surface area contributed by atoms with Crippen molar-refractivity contribution in [3.8, 4) is 5.75 Å². The van der Waals surface area contributed by atoms with Crippen LogP contribution in [-0.4, -0.2) is 11.0 Å². The molecule has 2 aromatic carbocycles. The van der Waals surface area contributed by atoms with E-state index in [1.165, 1.54) is 11.6 Å². The number of rotatable bonds is 2. The van der Waals surface area contributed by atoms with Gasteiger partial charge in [0.2, 0.25) is 0 Å². The van der Waals surface area contributed by atoms with Crippen molar-refractivity contribution in [3.05, 3.63) is 59.2 Å². The molecule has 2 aromatic rings. The number of fused-ring (bicyclic) bond motifs is 1. The van der Waals surface area contributed by atoms with E-state index in [1.807, 2.05) is 18.2 Å². The van der Waals surface area contributed by atoms with Crippen LogP contribution >= 0.6 is 0 Å². The largest absolute Gasteiger partial charge is 0.508 e. The highest BCUT2D eigenvalue weighted by atomic mass is 16.3. The predicted molar refractivity (Wildman–Crippen MR) is 82.1 cm³/mol. The number of hydrogen-bond acceptors (Lipinski definition) is 3. The minimum absolute atomic E-state index is 0.00389. The number of anilines is 1. The molecule has 0 radical (unpaired) electrons.